The third kappa shape index (κ3) is 2.56. The van der Waals surface area contributed by atoms with Gasteiger partial charge in [0.15, 0.2) is 0 Å². The highest BCUT2D eigenvalue weighted by atomic mass is 16.4. The van der Waals surface area contributed by atoms with Gasteiger partial charge in [0.2, 0.25) is 0 Å². The van der Waals surface area contributed by atoms with Crippen molar-refractivity contribution in [1.82, 2.24) is 4.90 Å². The molecule has 0 aromatic heterocycles. The maximum Gasteiger partial charge on any atom is 0.326 e. The van der Waals surface area contributed by atoms with Crippen LogP contribution in [0.3, 0.4) is 0 Å². The maximum absolute atomic E-state index is 12.1. The lowest BCUT2D eigenvalue weighted by Crippen LogP contribution is -2.41. The number of phenolic OH excluding ortho intramolecular Hbond substituents is 1. The first-order chi connectivity index (χ1) is 9.40. The first-order valence-electron chi connectivity index (χ1n) is 5.97. The normalized spacial score (nSPS) is 15.0. The van der Waals surface area contributed by atoms with Gasteiger partial charge in [-0.3, -0.25) is 9.59 Å². The molecular formula is C13H13NO6. The summed E-state index contributed by atoms with van der Waals surface area (Å²) in [6, 6.07) is 3.07. The minimum Gasteiger partial charge on any atom is -0.508 e. The van der Waals surface area contributed by atoms with Gasteiger partial charge >= 0.3 is 11.9 Å². The van der Waals surface area contributed by atoms with E-state index in [-0.39, 0.29) is 30.7 Å². The number of amides is 1. The van der Waals surface area contributed by atoms with E-state index >= 15 is 0 Å². The lowest BCUT2D eigenvalue weighted by Gasteiger charge is -2.23. The smallest absolute Gasteiger partial charge is 0.326 e. The minimum absolute atomic E-state index is 0.0728. The summed E-state index contributed by atoms with van der Waals surface area (Å²) in [5, 5.41) is 27.2. The zero-order valence-electron chi connectivity index (χ0n) is 10.4. The third-order valence-corrected chi connectivity index (χ3v) is 3.22. The van der Waals surface area contributed by atoms with Gasteiger partial charge in [-0.25, -0.2) is 4.79 Å². The molecule has 0 fully saturated rings. The molecule has 1 unspecified atom stereocenters. The van der Waals surface area contributed by atoms with E-state index < -0.39 is 23.9 Å². The number of phenols is 1. The third-order valence-electron chi connectivity index (χ3n) is 3.22. The van der Waals surface area contributed by atoms with E-state index in [9.17, 15) is 19.5 Å². The van der Waals surface area contributed by atoms with Crippen LogP contribution in [0.25, 0.3) is 0 Å². The molecule has 0 aliphatic carbocycles. The molecule has 7 heteroatoms. The van der Waals surface area contributed by atoms with Crippen LogP contribution >= 0.6 is 0 Å². The van der Waals surface area contributed by atoms with Crippen molar-refractivity contribution in [1.29, 1.82) is 0 Å². The molecule has 1 aromatic rings. The number of rotatable bonds is 5. The first-order valence-corrected chi connectivity index (χ1v) is 5.97. The van der Waals surface area contributed by atoms with Crippen molar-refractivity contribution in [2.75, 3.05) is 0 Å². The fourth-order valence-corrected chi connectivity index (χ4v) is 2.24. The summed E-state index contributed by atoms with van der Waals surface area (Å²) in [4.78, 5) is 35.0. The quantitative estimate of drug-likeness (QED) is 0.729. The molecule has 3 N–H and O–H groups in total. The van der Waals surface area contributed by atoms with Crippen molar-refractivity contribution in [3.05, 3.63) is 29.3 Å². The second-order valence-electron chi connectivity index (χ2n) is 4.56. The number of nitrogens with zero attached hydrogens (tertiary/aromatic N) is 1. The number of aliphatic carboxylic acids is 2. The van der Waals surface area contributed by atoms with E-state index in [1.165, 1.54) is 12.1 Å². The van der Waals surface area contributed by atoms with Crippen molar-refractivity contribution in [3.63, 3.8) is 0 Å². The van der Waals surface area contributed by atoms with Crippen LogP contribution in [0.4, 0.5) is 0 Å². The topological polar surface area (TPSA) is 115 Å². The molecule has 0 spiro atoms. The monoisotopic (exact) mass is 279 g/mol. The zero-order chi connectivity index (χ0) is 14.9. The Labute approximate surface area is 114 Å². The van der Waals surface area contributed by atoms with Crippen molar-refractivity contribution in [2.45, 2.75) is 25.4 Å². The van der Waals surface area contributed by atoms with Crippen LogP contribution in [0.5, 0.6) is 5.75 Å². The van der Waals surface area contributed by atoms with Gasteiger partial charge in [-0.1, -0.05) is 6.07 Å². The summed E-state index contributed by atoms with van der Waals surface area (Å²) in [7, 11) is 0. The largest absolute Gasteiger partial charge is 0.508 e. The Morgan fingerprint density at radius 3 is 2.60 bits per heavy atom. The fraction of sp³-hybridized carbons (Fsp3) is 0.308. The van der Waals surface area contributed by atoms with Crippen molar-refractivity contribution in [2.24, 2.45) is 0 Å². The molecule has 1 atom stereocenters. The summed E-state index contributed by atoms with van der Waals surface area (Å²) in [6.07, 6.45) is -0.487. The Balaban J connectivity index is 2.23. The highest BCUT2D eigenvalue weighted by Crippen LogP contribution is 2.28. The van der Waals surface area contributed by atoms with Gasteiger partial charge in [0, 0.05) is 18.5 Å². The van der Waals surface area contributed by atoms with Crippen molar-refractivity contribution in [3.8, 4) is 5.75 Å². The number of carbonyl (C=O) groups excluding carboxylic acids is 1. The Kier molecular flexibility index (Phi) is 3.60. The lowest BCUT2D eigenvalue weighted by molar-refractivity contribution is -0.143. The number of carboxylic acids is 2. The molecule has 7 nitrogen and oxygen atoms in total. The summed E-state index contributed by atoms with van der Waals surface area (Å²) in [5.74, 6) is -2.93. The fourth-order valence-electron chi connectivity index (χ4n) is 2.24. The second-order valence-corrected chi connectivity index (χ2v) is 4.56. The molecule has 0 radical (unpaired) electrons. The number of fused-ring (bicyclic) bond motifs is 1. The molecule has 20 heavy (non-hydrogen) atoms. The van der Waals surface area contributed by atoms with Crippen LogP contribution in [0.1, 0.15) is 28.8 Å². The summed E-state index contributed by atoms with van der Waals surface area (Å²) in [5.41, 5.74) is 0.876. The molecule has 1 heterocycles. The minimum atomic E-state index is -1.24. The Morgan fingerprint density at radius 2 is 2.00 bits per heavy atom. The van der Waals surface area contributed by atoms with Crippen LogP contribution in [-0.4, -0.2) is 44.1 Å². The van der Waals surface area contributed by atoms with Crippen LogP contribution in [0.2, 0.25) is 0 Å². The number of hydrogen-bond acceptors (Lipinski definition) is 4. The molecule has 1 aromatic carbocycles. The molecule has 0 saturated heterocycles. The van der Waals surface area contributed by atoms with E-state index in [2.05, 4.69) is 0 Å². The number of benzene rings is 1. The molecule has 2 rings (SSSR count). The summed E-state index contributed by atoms with van der Waals surface area (Å²) in [6.45, 7) is 0.102. The van der Waals surface area contributed by atoms with Gasteiger partial charge in [-0.05, 0) is 24.1 Å². The maximum atomic E-state index is 12.1. The van der Waals surface area contributed by atoms with Crippen LogP contribution < -0.4 is 0 Å². The molecular weight excluding hydrogens is 266 g/mol. The van der Waals surface area contributed by atoms with E-state index in [4.69, 9.17) is 10.2 Å². The first kappa shape index (κ1) is 13.9. The Morgan fingerprint density at radius 1 is 1.30 bits per heavy atom. The molecule has 1 aliphatic heterocycles. The van der Waals surface area contributed by atoms with E-state index in [1.54, 1.807) is 6.07 Å². The van der Waals surface area contributed by atoms with Crippen molar-refractivity contribution >= 4 is 17.8 Å². The predicted molar refractivity (Wildman–Crippen MR) is 66.3 cm³/mol. The molecule has 106 valence electrons. The number of carbonyl (C=O) groups is 3. The highest BCUT2D eigenvalue weighted by molar-refractivity contribution is 6.00. The summed E-state index contributed by atoms with van der Waals surface area (Å²) < 4.78 is 0. The molecule has 1 amide bonds. The Hall–Kier alpha value is -2.57. The van der Waals surface area contributed by atoms with Gasteiger partial charge in [-0.15, -0.1) is 0 Å². The predicted octanol–water partition coefficient (Wildman–Crippen LogP) is 0.666. The number of hydrogen-bond donors (Lipinski definition) is 3. The van der Waals surface area contributed by atoms with Gasteiger partial charge in [-0.2, -0.15) is 0 Å². The Bertz CT molecular complexity index is 582. The lowest BCUT2D eigenvalue weighted by atomic mass is 10.1. The second kappa shape index (κ2) is 5.20. The van der Waals surface area contributed by atoms with Crippen LogP contribution in [0.15, 0.2) is 18.2 Å². The average Bonchev–Trinajstić information content (AvgIpc) is 2.67. The standard InChI is InChI=1S/C13H13NO6/c15-8-2-1-7-6-14(12(18)9(7)5-8)10(13(19)20)3-4-11(16)17/h1-2,5,10,15H,3-4,6H2,(H,16,17)(H,19,20). The highest BCUT2D eigenvalue weighted by Gasteiger charge is 2.36. The van der Waals surface area contributed by atoms with Gasteiger partial charge in [0.05, 0.1) is 0 Å². The van der Waals surface area contributed by atoms with E-state index in [0.717, 1.165) is 4.90 Å². The summed E-state index contributed by atoms with van der Waals surface area (Å²) >= 11 is 0. The molecule has 0 bridgehead atoms. The molecule has 0 saturated carbocycles. The van der Waals surface area contributed by atoms with Crippen LogP contribution in [0, 0.1) is 0 Å². The van der Waals surface area contributed by atoms with Crippen molar-refractivity contribution < 1.29 is 29.7 Å². The number of carboxylic acid groups (broad SMARTS) is 2. The van der Waals surface area contributed by atoms with Gasteiger partial charge in [0.25, 0.3) is 5.91 Å². The molecule has 1 aliphatic rings. The van der Waals surface area contributed by atoms with Gasteiger partial charge in [0.1, 0.15) is 11.8 Å². The number of aromatic hydroxyl groups is 1. The van der Waals surface area contributed by atoms with Crippen LogP contribution in [-0.2, 0) is 16.1 Å². The van der Waals surface area contributed by atoms with E-state index in [1.807, 2.05) is 0 Å². The zero-order valence-corrected chi connectivity index (χ0v) is 10.4. The SMILES string of the molecule is O=C(O)CCC(C(=O)O)N1Cc2ccc(O)cc2C1=O. The van der Waals surface area contributed by atoms with Gasteiger partial charge < -0.3 is 20.2 Å². The van der Waals surface area contributed by atoms with E-state index in [0.29, 0.717) is 5.56 Å². The average molecular weight is 279 g/mol.